The molecule has 10 heteroatoms. The van der Waals surface area contributed by atoms with Crippen LogP contribution in [-0.4, -0.2) is 27.0 Å². The van der Waals surface area contributed by atoms with Gasteiger partial charge in [-0.05, 0) is 36.8 Å². The van der Waals surface area contributed by atoms with Crippen LogP contribution >= 0.6 is 0 Å². The summed E-state index contributed by atoms with van der Waals surface area (Å²) in [7, 11) is 1.43. The quantitative estimate of drug-likeness (QED) is 0.404. The molecular weight excluding hydrogens is 432 g/mol. The molecule has 0 unspecified atom stereocenters. The molecule has 1 atom stereocenters. The number of halogens is 2. The number of nitrogens with zero attached hydrogens (tertiary/aromatic N) is 3. The lowest BCUT2D eigenvalue weighted by Gasteiger charge is -2.18. The Bertz CT molecular complexity index is 1560. The first-order valence-corrected chi connectivity index (χ1v) is 9.99. The summed E-state index contributed by atoms with van der Waals surface area (Å²) in [6.07, 6.45) is 1.46. The van der Waals surface area contributed by atoms with E-state index in [1.54, 1.807) is 13.0 Å². The van der Waals surface area contributed by atoms with Gasteiger partial charge in [0.2, 0.25) is 5.43 Å². The number of rotatable bonds is 5. The number of anilines is 1. The first-order valence-electron chi connectivity index (χ1n) is 9.99. The van der Waals surface area contributed by atoms with E-state index in [9.17, 15) is 13.6 Å². The molecule has 0 amide bonds. The van der Waals surface area contributed by atoms with Gasteiger partial charge in [0.05, 0.1) is 25.0 Å². The molecule has 0 saturated carbocycles. The van der Waals surface area contributed by atoms with Gasteiger partial charge >= 0.3 is 6.01 Å². The molecule has 5 rings (SSSR count). The maximum absolute atomic E-state index is 14.5. The third-order valence-corrected chi connectivity index (χ3v) is 5.20. The molecule has 0 bridgehead atoms. The Morgan fingerprint density at radius 3 is 2.76 bits per heavy atom. The standard InChI is InChI=1S/C23H17F2N5O3/c1-11(28-22-18-21(27-10-26-18)29-23(30-22)32-2)20-16(12-5-3-6-13(24)9-12)19(31)17-14(25)7-4-8-15(17)33-20/h3-11H,1-2H3,(H2,26,27,28,29,30)/t11-/m0/s1. The lowest BCUT2D eigenvalue weighted by Crippen LogP contribution is -2.17. The summed E-state index contributed by atoms with van der Waals surface area (Å²) in [5.74, 6) is -0.708. The minimum atomic E-state index is -0.717. The van der Waals surface area contributed by atoms with Gasteiger partial charge in [-0.3, -0.25) is 4.79 Å². The number of aromatic nitrogens is 4. The van der Waals surface area contributed by atoms with E-state index in [1.165, 1.54) is 49.8 Å². The Morgan fingerprint density at radius 2 is 1.97 bits per heavy atom. The molecule has 2 aromatic carbocycles. The van der Waals surface area contributed by atoms with Crippen LogP contribution in [0.2, 0.25) is 0 Å². The summed E-state index contributed by atoms with van der Waals surface area (Å²) in [6.45, 7) is 1.74. The molecule has 0 spiro atoms. The average Bonchev–Trinajstić information content (AvgIpc) is 3.27. The number of aromatic amines is 1. The summed E-state index contributed by atoms with van der Waals surface area (Å²) in [5, 5.41) is 2.97. The molecule has 0 aliphatic carbocycles. The fourth-order valence-corrected chi connectivity index (χ4v) is 3.72. The van der Waals surface area contributed by atoms with Gasteiger partial charge in [0.15, 0.2) is 11.5 Å². The van der Waals surface area contributed by atoms with Crippen LogP contribution in [0.4, 0.5) is 14.6 Å². The Hall–Kier alpha value is -4.34. The average molecular weight is 449 g/mol. The molecule has 0 saturated heterocycles. The van der Waals surface area contributed by atoms with Crippen LogP contribution in [0, 0.1) is 11.6 Å². The second kappa shape index (κ2) is 7.97. The number of hydrogen-bond acceptors (Lipinski definition) is 7. The molecule has 33 heavy (non-hydrogen) atoms. The van der Waals surface area contributed by atoms with Crippen molar-refractivity contribution in [2.45, 2.75) is 13.0 Å². The smallest absolute Gasteiger partial charge is 0.320 e. The highest BCUT2D eigenvalue weighted by atomic mass is 19.1. The van der Waals surface area contributed by atoms with Crippen molar-refractivity contribution in [1.82, 2.24) is 19.9 Å². The molecule has 166 valence electrons. The molecule has 0 radical (unpaired) electrons. The van der Waals surface area contributed by atoms with E-state index < -0.39 is 23.1 Å². The van der Waals surface area contributed by atoms with E-state index >= 15 is 0 Å². The number of imidazole rings is 1. The lowest BCUT2D eigenvalue weighted by molar-refractivity contribution is 0.382. The van der Waals surface area contributed by atoms with Crippen molar-refractivity contribution in [3.05, 3.63) is 76.4 Å². The predicted octanol–water partition coefficient (Wildman–Crippen LogP) is 4.59. The van der Waals surface area contributed by atoms with Crippen molar-refractivity contribution in [2.24, 2.45) is 0 Å². The fourth-order valence-electron chi connectivity index (χ4n) is 3.72. The van der Waals surface area contributed by atoms with Gasteiger partial charge in [-0.25, -0.2) is 13.8 Å². The highest BCUT2D eigenvalue weighted by Gasteiger charge is 2.24. The van der Waals surface area contributed by atoms with Gasteiger partial charge in [0.25, 0.3) is 0 Å². The molecule has 5 aromatic rings. The van der Waals surface area contributed by atoms with E-state index in [0.717, 1.165) is 0 Å². The summed E-state index contributed by atoms with van der Waals surface area (Å²) >= 11 is 0. The van der Waals surface area contributed by atoms with E-state index in [0.29, 0.717) is 17.0 Å². The third kappa shape index (κ3) is 3.55. The Kier molecular flexibility index (Phi) is 4.97. The molecule has 3 aromatic heterocycles. The zero-order valence-corrected chi connectivity index (χ0v) is 17.5. The largest absolute Gasteiger partial charge is 0.467 e. The number of benzene rings is 2. The highest BCUT2D eigenvalue weighted by molar-refractivity contribution is 5.85. The summed E-state index contributed by atoms with van der Waals surface area (Å²) in [5.41, 5.74) is 0.692. The molecule has 3 heterocycles. The van der Waals surface area contributed by atoms with Crippen molar-refractivity contribution in [3.8, 4) is 17.1 Å². The van der Waals surface area contributed by atoms with Gasteiger partial charge < -0.3 is 19.5 Å². The molecule has 0 fully saturated rings. The first kappa shape index (κ1) is 20.6. The number of ether oxygens (including phenoxy) is 1. The maximum atomic E-state index is 14.5. The number of nitrogens with one attached hydrogen (secondary N) is 2. The predicted molar refractivity (Wildman–Crippen MR) is 118 cm³/mol. The van der Waals surface area contributed by atoms with Crippen molar-refractivity contribution in [1.29, 1.82) is 0 Å². The summed E-state index contributed by atoms with van der Waals surface area (Å²) in [4.78, 5) is 29.0. The van der Waals surface area contributed by atoms with E-state index in [4.69, 9.17) is 9.15 Å². The maximum Gasteiger partial charge on any atom is 0.320 e. The highest BCUT2D eigenvalue weighted by Crippen LogP contribution is 2.32. The lowest BCUT2D eigenvalue weighted by atomic mass is 9.99. The third-order valence-electron chi connectivity index (χ3n) is 5.20. The van der Waals surface area contributed by atoms with Crippen LogP contribution in [-0.2, 0) is 0 Å². The fraction of sp³-hybridized carbons (Fsp3) is 0.130. The normalized spacial score (nSPS) is 12.2. The van der Waals surface area contributed by atoms with Gasteiger partial charge in [-0.1, -0.05) is 18.2 Å². The van der Waals surface area contributed by atoms with Crippen molar-refractivity contribution in [3.63, 3.8) is 0 Å². The summed E-state index contributed by atoms with van der Waals surface area (Å²) < 4.78 is 39.7. The number of hydrogen-bond donors (Lipinski definition) is 2. The number of methoxy groups -OCH3 is 1. The Morgan fingerprint density at radius 1 is 1.15 bits per heavy atom. The minimum absolute atomic E-state index is 0.0500. The van der Waals surface area contributed by atoms with Gasteiger partial charge in [0.1, 0.15) is 33.9 Å². The van der Waals surface area contributed by atoms with Gasteiger partial charge in [-0.15, -0.1) is 0 Å². The zero-order valence-electron chi connectivity index (χ0n) is 17.5. The minimum Gasteiger partial charge on any atom is -0.467 e. The first-order chi connectivity index (χ1) is 16.0. The van der Waals surface area contributed by atoms with Crippen molar-refractivity contribution < 1.29 is 17.9 Å². The van der Waals surface area contributed by atoms with Crippen molar-refractivity contribution >= 4 is 28.0 Å². The zero-order chi connectivity index (χ0) is 23.1. The van der Waals surface area contributed by atoms with E-state index in [-0.39, 0.29) is 33.9 Å². The van der Waals surface area contributed by atoms with Gasteiger partial charge in [0, 0.05) is 0 Å². The van der Waals surface area contributed by atoms with E-state index in [2.05, 4.69) is 25.3 Å². The van der Waals surface area contributed by atoms with E-state index in [1.807, 2.05) is 0 Å². The van der Waals surface area contributed by atoms with Gasteiger partial charge in [-0.2, -0.15) is 9.97 Å². The number of H-pyrrole nitrogens is 1. The second-order valence-electron chi connectivity index (χ2n) is 7.32. The molecule has 0 aliphatic rings. The topological polar surface area (TPSA) is 106 Å². The molecule has 2 N–H and O–H groups in total. The Balaban J connectivity index is 1.71. The molecule has 0 aliphatic heterocycles. The molecular formula is C23H17F2N5O3. The van der Waals surface area contributed by atoms with Crippen LogP contribution < -0.4 is 15.5 Å². The van der Waals surface area contributed by atoms with Crippen LogP contribution in [0.5, 0.6) is 6.01 Å². The monoisotopic (exact) mass is 449 g/mol. The SMILES string of the molecule is COc1nc(N[C@@H](C)c2oc3cccc(F)c3c(=O)c2-c2cccc(F)c2)c2[nH]cnc2n1. The van der Waals surface area contributed by atoms with Crippen LogP contribution in [0.15, 0.2) is 58.0 Å². The molecule has 8 nitrogen and oxygen atoms in total. The van der Waals surface area contributed by atoms with Crippen LogP contribution in [0.3, 0.4) is 0 Å². The summed E-state index contributed by atoms with van der Waals surface area (Å²) in [6, 6.07) is 9.09. The Labute approximate surface area is 185 Å². The van der Waals surface area contributed by atoms with Crippen molar-refractivity contribution in [2.75, 3.05) is 12.4 Å². The second-order valence-corrected chi connectivity index (χ2v) is 7.32. The van der Waals surface area contributed by atoms with Crippen LogP contribution in [0.25, 0.3) is 33.3 Å². The number of fused-ring (bicyclic) bond motifs is 2. The van der Waals surface area contributed by atoms with Crippen LogP contribution in [0.1, 0.15) is 18.7 Å².